The third-order valence-corrected chi connectivity index (χ3v) is 9.69. The maximum Gasteiger partial charge on any atom is 0.425 e. The first kappa shape index (κ1) is 25.1. The number of nitrogens with zero attached hydrogens (tertiary/aromatic N) is 4. The molecule has 0 aliphatic rings. The lowest BCUT2D eigenvalue weighted by molar-refractivity contribution is -0.190. The van der Waals surface area contributed by atoms with Crippen LogP contribution in [0.25, 0.3) is 16.6 Å². The van der Waals surface area contributed by atoms with Crippen LogP contribution in [-0.2, 0) is 0 Å². The standard InChI is InChI=1S/C20H25F4IN4OSi2/c1-11(20(22,23)24)30-19-16(21)17(32(5,6)7)13(10-26-19)12-8-14-18(25)27-28-29(14)15(9-12)31(2,3)4/h8-11H,1-7H3. The van der Waals surface area contributed by atoms with E-state index in [1.54, 1.807) is 0 Å². The van der Waals surface area contributed by atoms with E-state index in [1.807, 2.05) is 36.3 Å². The lowest BCUT2D eigenvalue weighted by Gasteiger charge is -2.25. The number of halogens is 5. The highest BCUT2D eigenvalue weighted by molar-refractivity contribution is 14.1. The molecule has 0 aromatic carbocycles. The van der Waals surface area contributed by atoms with Crippen molar-refractivity contribution >= 4 is 54.8 Å². The van der Waals surface area contributed by atoms with Crippen LogP contribution in [0.4, 0.5) is 17.6 Å². The zero-order valence-electron chi connectivity index (χ0n) is 18.9. The molecule has 1 unspecified atom stereocenters. The van der Waals surface area contributed by atoms with E-state index >= 15 is 4.39 Å². The lowest BCUT2D eigenvalue weighted by Crippen LogP contribution is -2.44. The topological polar surface area (TPSA) is 52.3 Å². The molecule has 0 bridgehead atoms. The van der Waals surface area contributed by atoms with Crippen LogP contribution in [0.15, 0.2) is 18.3 Å². The molecule has 0 saturated heterocycles. The van der Waals surface area contributed by atoms with Crippen LogP contribution in [0.1, 0.15) is 6.92 Å². The van der Waals surface area contributed by atoms with Crippen LogP contribution in [0, 0.1) is 9.52 Å². The molecule has 3 aromatic rings. The average Bonchev–Trinajstić information content (AvgIpc) is 3.00. The molecule has 0 fully saturated rings. The molecule has 0 N–H and O–H groups in total. The van der Waals surface area contributed by atoms with Crippen LogP contribution in [0.2, 0.25) is 39.3 Å². The number of pyridine rings is 2. The number of hydrogen-bond acceptors (Lipinski definition) is 4. The minimum absolute atomic E-state index is 0.380. The molecule has 0 amide bonds. The summed E-state index contributed by atoms with van der Waals surface area (Å²) in [4.78, 5) is 3.96. The average molecular weight is 597 g/mol. The molecule has 174 valence electrons. The van der Waals surface area contributed by atoms with Gasteiger partial charge < -0.3 is 4.74 Å². The first-order chi connectivity index (χ1) is 14.5. The molecule has 0 radical (unpaired) electrons. The number of hydrogen-bond donors (Lipinski definition) is 0. The van der Waals surface area contributed by atoms with Crippen molar-refractivity contribution in [2.24, 2.45) is 0 Å². The van der Waals surface area contributed by atoms with Crippen molar-refractivity contribution in [1.29, 1.82) is 0 Å². The Morgan fingerprint density at radius 2 is 1.69 bits per heavy atom. The van der Waals surface area contributed by atoms with E-state index in [0.717, 1.165) is 23.3 Å². The molecule has 0 spiro atoms. The van der Waals surface area contributed by atoms with E-state index in [-0.39, 0.29) is 0 Å². The maximum absolute atomic E-state index is 15.6. The Balaban J connectivity index is 2.28. The minimum atomic E-state index is -4.62. The van der Waals surface area contributed by atoms with Gasteiger partial charge in [-0.1, -0.05) is 44.5 Å². The molecule has 3 heterocycles. The van der Waals surface area contributed by atoms with Gasteiger partial charge in [-0.05, 0) is 52.4 Å². The predicted molar refractivity (Wildman–Crippen MR) is 131 cm³/mol. The summed E-state index contributed by atoms with van der Waals surface area (Å²) in [6.45, 7) is 13.2. The highest BCUT2D eigenvalue weighted by Gasteiger charge is 2.39. The normalized spacial score (nSPS) is 14.1. The summed E-state index contributed by atoms with van der Waals surface area (Å²) in [5, 5.41) is 9.83. The van der Waals surface area contributed by atoms with Crippen molar-refractivity contribution < 1.29 is 22.3 Å². The first-order valence-electron chi connectivity index (χ1n) is 10.00. The largest absolute Gasteiger partial charge is 0.463 e. The lowest BCUT2D eigenvalue weighted by atomic mass is 10.1. The van der Waals surface area contributed by atoms with Gasteiger partial charge in [0.15, 0.2) is 15.6 Å². The van der Waals surface area contributed by atoms with E-state index < -0.39 is 40.1 Å². The Hall–Kier alpha value is -1.55. The van der Waals surface area contributed by atoms with Gasteiger partial charge in [0.2, 0.25) is 0 Å². The summed E-state index contributed by atoms with van der Waals surface area (Å²) >= 11 is 2.11. The molecule has 32 heavy (non-hydrogen) atoms. The van der Waals surface area contributed by atoms with E-state index in [9.17, 15) is 13.2 Å². The van der Waals surface area contributed by atoms with E-state index in [4.69, 9.17) is 4.74 Å². The van der Waals surface area contributed by atoms with Gasteiger partial charge in [0.1, 0.15) is 13.6 Å². The van der Waals surface area contributed by atoms with Crippen molar-refractivity contribution in [2.75, 3.05) is 0 Å². The molecular weight excluding hydrogens is 571 g/mol. The smallest absolute Gasteiger partial charge is 0.425 e. The molecule has 12 heteroatoms. The Bertz CT molecular complexity index is 1170. The second-order valence-electron chi connectivity index (χ2n) is 9.77. The van der Waals surface area contributed by atoms with Crippen molar-refractivity contribution in [3.63, 3.8) is 0 Å². The second kappa shape index (κ2) is 8.35. The molecule has 0 aliphatic carbocycles. The van der Waals surface area contributed by atoms with Gasteiger partial charge in [-0.2, -0.15) is 13.2 Å². The first-order valence-corrected chi connectivity index (χ1v) is 18.1. The van der Waals surface area contributed by atoms with Crippen LogP contribution < -0.4 is 15.2 Å². The van der Waals surface area contributed by atoms with Crippen molar-refractivity contribution in [3.05, 3.63) is 27.8 Å². The zero-order valence-corrected chi connectivity index (χ0v) is 23.1. The number of aromatic nitrogens is 4. The van der Waals surface area contributed by atoms with E-state index in [0.29, 0.717) is 14.5 Å². The fourth-order valence-electron chi connectivity index (χ4n) is 3.39. The fraction of sp³-hybridized carbons (Fsp3) is 0.450. The van der Waals surface area contributed by atoms with Crippen LogP contribution in [-0.4, -0.2) is 48.2 Å². The number of rotatable bonds is 5. The van der Waals surface area contributed by atoms with Gasteiger partial charge >= 0.3 is 6.18 Å². The molecule has 5 nitrogen and oxygen atoms in total. The van der Waals surface area contributed by atoms with Gasteiger partial charge in [-0.3, -0.25) is 0 Å². The molecule has 0 aliphatic heterocycles. The second-order valence-corrected chi connectivity index (χ2v) is 20.8. The van der Waals surface area contributed by atoms with Gasteiger partial charge in [-0.25, -0.2) is 13.9 Å². The van der Waals surface area contributed by atoms with Gasteiger partial charge in [0.05, 0.1) is 8.07 Å². The van der Waals surface area contributed by atoms with Crippen molar-refractivity contribution in [2.45, 2.75) is 58.5 Å². The van der Waals surface area contributed by atoms with Gasteiger partial charge in [-0.15, -0.1) is 5.10 Å². The summed E-state index contributed by atoms with van der Waals surface area (Å²) in [5.41, 5.74) is 2.11. The third kappa shape index (κ3) is 4.86. The van der Waals surface area contributed by atoms with E-state index in [1.165, 1.54) is 6.20 Å². The Morgan fingerprint density at radius 3 is 2.22 bits per heavy atom. The fourth-order valence-corrected chi connectivity index (χ4v) is 7.05. The number of alkyl halides is 3. The molecule has 3 rings (SSSR count). The summed E-state index contributed by atoms with van der Waals surface area (Å²) in [5.74, 6) is -1.45. The minimum Gasteiger partial charge on any atom is -0.463 e. The highest BCUT2D eigenvalue weighted by Crippen LogP contribution is 2.30. The highest BCUT2D eigenvalue weighted by atomic mass is 127. The zero-order chi connectivity index (χ0) is 24.2. The Morgan fingerprint density at radius 1 is 1.06 bits per heavy atom. The summed E-state index contributed by atoms with van der Waals surface area (Å²) in [6.07, 6.45) is -5.36. The molecule has 0 saturated carbocycles. The van der Waals surface area contributed by atoms with E-state index in [2.05, 4.69) is 57.5 Å². The van der Waals surface area contributed by atoms with Crippen LogP contribution >= 0.6 is 22.6 Å². The SMILES string of the molecule is CC(Oc1ncc(-c2cc([Si](C)(C)C)n3nnc(I)c3c2)c([Si](C)(C)C)c1F)C(F)(F)F. The summed E-state index contributed by atoms with van der Waals surface area (Å²) in [7, 11) is -4.24. The monoisotopic (exact) mass is 596 g/mol. The Kier molecular flexibility index (Phi) is 6.54. The van der Waals surface area contributed by atoms with Gasteiger partial charge in [0.25, 0.3) is 5.88 Å². The Labute approximate surface area is 199 Å². The molecular formula is C20H25F4IN4OSi2. The van der Waals surface area contributed by atoms with Crippen LogP contribution in [0.3, 0.4) is 0 Å². The molecule has 1 atom stereocenters. The third-order valence-electron chi connectivity index (χ3n) is 5.04. The number of fused-ring (bicyclic) bond motifs is 1. The number of ether oxygens (including phenoxy) is 1. The van der Waals surface area contributed by atoms with Crippen molar-refractivity contribution in [3.8, 4) is 17.0 Å². The van der Waals surface area contributed by atoms with Crippen LogP contribution in [0.5, 0.6) is 5.88 Å². The maximum atomic E-state index is 15.6. The molecule has 3 aromatic heterocycles. The van der Waals surface area contributed by atoms with Crippen molar-refractivity contribution in [1.82, 2.24) is 19.8 Å². The quantitative estimate of drug-likeness (QED) is 0.238. The van der Waals surface area contributed by atoms with Gasteiger partial charge in [0, 0.05) is 17.1 Å². The predicted octanol–water partition coefficient (Wildman–Crippen LogP) is 4.96. The summed E-state index contributed by atoms with van der Waals surface area (Å²) < 4.78 is 61.9. The summed E-state index contributed by atoms with van der Waals surface area (Å²) in [6, 6.07) is 3.85.